The van der Waals surface area contributed by atoms with Crippen molar-refractivity contribution in [2.45, 2.75) is 6.54 Å². The molecule has 28 heavy (non-hydrogen) atoms. The summed E-state index contributed by atoms with van der Waals surface area (Å²) in [7, 11) is 0. The number of halogens is 1. The van der Waals surface area contributed by atoms with Crippen LogP contribution < -0.4 is 5.56 Å². The maximum atomic E-state index is 13.2. The number of benzene rings is 1. The number of aromatic nitrogens is 4. The first-order valence-electron chi connectivity index (χ1n) is 8.27. The molecule has 1 aromatic carbocycles. The van der Waals surface area contributed by atoms with Gasteiger partial charge in [0.05, 0.1) is 11.7 Å². The fraction of sp³-hybridized carbons (Fsp3) is 0.0526. The highest BCUT2D eigenvalue weighted by molar-refractivity contribution is 7.17. The van der Waals surface area contributed by atoms with Gasteiger partial charge in [-0.05, 0) is 29.1 Å². The summed E-state index contributed by atoms with van der Waals surface area (Å²) in [5.41, 5.74) is 2.16. The van der Waals surface area contributed by atoms with Gasteiger partial charge in [0.25, 0.3) is 5.56 Å². The zero-order chi connectivity index (χ0) is 19.1. The maximum absolute atomic E-state index is 13.2. The highest BCUT2D eigenvalue weighted by Crippen LogP contribution is 2.30. The Bertz CT molecular complexity index is 1320. The molecular weight excluding hydrogens is 399 g/mol. The van der Waals surface area contributed by atoms with Crippen molar-refractivity contribution in [3.63, 3.8) is 0 Å². The van der Waals surface area contributed by atoms with Crippen molar-refractivity contribution in [1.82, 2.24) is 19.7 Å². The van der Waals surface area contributed by atoms with Crippen LogP contribution in [0.15, 0.2) is 62.1 Å². The molecule has 0 unspecified atom stereocenters. The Morgan fingerprint density at radius 2 is 1.96 bits per heavy atom. The van der Waals surface area contributed by atoms with Gasteiger partial charge < -0.3 is 4.52 Å². The lowest BCUT2D eigenvalue weighted by Crippen LogP contribution is -2.21. The topological polar surface area (TPSA) is 73.8 Å². The van der Waals surface area contributed by atoms with Crippen LogP contribution >= 0.6 is 22.7 Å². The van der Waals surface area contributed by atoms with Gasteiger partial charge in [0.15, 0.2) is 0 Å². The third-order valence-corrected chi connectivity index (χ3v) is 5.84. The first-order valence-corrected chi connectivity index (χ1v) is 10.1. The smallest absolute Gasteiger partial charge is 0.263 e. The number of hydrogen-bond acceptors (Lipinski definition) is 7. The van der Waals surface area contributed by atoms with Crippen LogP contribution in [0.2, 0.25) is 0 Å². The minimum absolute atomic E-state index is 0.123. The minimum Gasteiger partial charge on any atom is -0.337 e. The third-order valence-electron chi connectivity index (χ3n) is 4.27. The van der Waals surface area contributed by atoms with Gasteiger partial charge in [0, 0.05) is 21.9 Å². The SMILES string of the molecule is O=c1c2c(-c3ccc(F)cc3)csc2ncn1Cc1nc(-c2ccsc2)no1. The number of fused-ring (bicyclic) bond motifs is 1. The molecule has 0 saturated heterocycles. The van der Waals surface area contributed by atoms with E-state index in [2.05, 4.69) is 15.1 Å². The molecule has 4 heterocycles. The second kappa shape index (κ2) is 6.77. The molecule has 0 saturated carbocycles. The normalized spacial score (nSPS) is 11.3. The van der Waals surface area contributed by atoms with E-state index in [9.17, 15) is 9.18 Å². The lowest BCUT2D eigenvalue weighted by atomic mass is 10.1. The summed E-state index contributed by atoms with van der Waals surface area (Å²) in [5.74, 6) is 0.487. The van der Waals surface area contributed by atoms with Gasteiger partial charge in [-0.25, -0.2) is 9.37 Å². The molecular formula is C19H11FN4O2S2. The molecule has 5 aromatic rings. The second-order valence-corrected chi connectivity index (χ2v) is 7.68. The van der Waals surface area contributed by atoms with Crippen LogP contribution in [-0.2, 0) is 6.54 Å². The molecule has 0 atom stereocenters. The summed E-state index contributed by atoms with van der Waals surface area (Å²) in [4.78, 5) is 22.4. The molecule has 0 aliphatic rings. The van der Waals surface area contributed by atoms with Crippen LogP contribution in [0.1, 0.15) is 5.89 Å². The molecule has 5 rings (SSSR count). The van der Waals surface area contributed by atoms with Crippen molar-refractivity contribution in [1.29, 1.82) is 0 Å². The highest BCUT2D eigenvalue weighted by atomic mass is 32.1. The van der Waals surface area contributed by atoms with E-state index in [-0.39, 0.29) is 17.9 Å². The predicted molar refractivity (Wildman–Crippen MR) is 106 cm³/mol. The van der Waals surface area contributed by atoms with Gasteiger partial charge in [-0.1, -0.05) is 17.3 Å². The van der Waals surface area contributed by atoms with Crippen LogP contribution in [0, 0.1) is 5.82 Å². The lowest BCUT2D eigenvalue weighted by Gasteiger charge is -2.03. The monoisotopic (exact) mass is 410 g/mol. The Morgan fingerprint density at radius 1 is 1.11 bits per heavy atom. The van der Waals surface area contributed by atoms with Gasteiger partial charge in [0.1, 0.15) is 17.2 Å². The molecule has 0 fully saturated rings. The molecule has 0 spiro atoms. The van der Waals surface area contributed by atoms with E-state index in [1.54, 1.807) is 23.5 Å². The molecule has 0 aliphatic carbocycles. The largest absolute Gasteiger partial charge is 0.337 e. The molecule has 4 aromatic heterocycles. The van der Waals surface area contributed by atoms with E-state index in [1.165, 1.54) is 34.4 Å². The second-order valence-electron chi connectivity index (χ2n) is 6.04. The van der Waals surface area contributed by atoms with Crippen molar-refractivity contribution in [2.75, 3.05) is 0 Å². The van der Waals surface area contributed by atoms with Gasteiger partial charge in [0.2, 0.25) is 11.7 Å². The predicted octanol–water partition coefficient (Wildman–Crippen LogP) is 4.42. The zero-order valence-corrected chi connectivity index (χ0v) is 15.8. The number of hydrogen-bond donors (Lipinski definition) is 0. The Morgan fingerprint density at radius 3 is 2.75 bits per heavy atom. The van der Waals surface area contributed by atoms with Gasteiger partial charge in [-0.15, -0.1) is 11.3 Å². The van der Waals surface area contributed by atoms with Crippen molar-refractivity contribution >= 4 is 32.9 Å². The van der Waals surface area contributed by atoms with Gasteiger partial charge in [-0.2, -0.15) is 16.3 Å². The number of rotatable bonds is 4. The summed E-state index contributed by atoms with van der Waals surface area (Å²) in [6.07, 6.45) is 1.48. The van der Waals surface area contributed by atoms with E-state index in [4.69, 9.17) is 4.52 Å². The van der Waals surface area contributed by atoms with Crippen LogP contribution in [0.5, 0.6) is 0 Å². The molecule has 0 N–H and O–H groups in total. The lowest BCUT2D eigenvalue weighted by molar-refractivity contribution is 0.369. The Hall–Kier alpha value is -3.17. The first-order chi connectivity index (χ1) is 13.7. The van der Waals surface area contributed by atoms with E-state index in [1.807, 2.05) is 22.2 Å². The first kappa shape index (κ1) is 17.0. The van der Waals surface area contributed by atoms with Crippen molar-refractivity contribution < 1.29 is 8.91 Å². The molecule has 0 radical (unpaired) electrons. The van der Waals surface area contributed by atoms with Crippen LogP contribution in [0.4, 0.5) is 4.39 Å². The number of nitrogens with zero attached hydrogens (tertiary/aromatic N) is 4. The highest BCUT2D eigenvalue weighted by Gasteiger charge is 2.15. The standard InChI is InChI=1S/C19H11FN4O2S2/c20-13-3-1-11(2-4-13)14-9-28-18-16(14)19(25)24(10-21-18)7-15-22-17(23-26-15)12-5-6-27-8-12/h1-6,8-10H,7H2. The zero-order valence-electron chi connectivity index (χ0n) is 14.2. The Labute approximate surface area is 165 Å². The summed E-state index contributed by atoms with van der Waals surface area (Å²) in [6, 6.07) is 7.95. The van der Waals surface area contributed by atoms with E-state index >= 15 is 0 Å². The number of thiophene rings is 2. The van der Waals surface area contributed by atoms with Crippen molar-refractivity contribution in [2.24, 2.45) is 0 Å². The van der Waals surface area contributed by atoms with E-state index < -0.39 is 0 Å². The van der Waals surface area contributed by atoms with Crippen molar-refractivity contribution in [3.05, 3.63) is 74.9 Å². The maximum Gasteiger partial charge on any atom is 0.263 e. The summed E-state index contributed by atoms with van der Waals surface area (Å²) < 4.78 is 20.0. The molecule has 0 aliphatic heterocycles. The summed E-state index contributed by atoms with van der Waals surface area (Å²) >= 11 is 2.92. The minimum atomic E-state index is -0.323. The van der Waals surface area contributed by atoms with Gasteiger partial charge in [-0.3, -0.25) is 9.36 Å². The van der Waals surface area contributed by atoms with E-state index in [0.29, 0.717) is 21.9 Å². The Kier molecular flexibility index (Phi) is 4.10. The average Bonchev–Trinajstić information content (AvgIpc) is 3.45. The fourth-order valence-corrected chi connectivity index (χ4v) is 4.44. The van der Waals surface area contributed by atoms with Crippen molar-refractivity contribution in [3.8, 4) is 22.5 Å². The van der Waals surface area contributed by atoms with Crippen LogP contribution in [0.25, 0.3) is 32.7 Å². The average molecular weight is 410 g/mol. The van der Waals surface area contributed by atoms with Crippen LogP contribution in [-0.4, -0.2) is 19.7 Å². The molecule has 9 heteroatoms. The third kappa shape index (κ3) is 2.94. The quantitative estimate of drug-likeness (QED) is 0.438. The summed E-state index contributed by atoms with van der Waals surface area (Å²) in [5, 5.41) is 10.2. The van der Waals surface area contributed by atoms with E-state index in [0.717, 1.165) is 16.7 Å². The molecule has 6 nitrogen and oxygen atoms in total. The molecule has 138 valence electrons. The van der Waals surface area contributed by atoms with Crippen LogP contribution in [0.3, 0.4) is 0 Å². The molecule has 0 bridgehead atoms. The Balaban J connectivity index is 1.54. The fourth-order valence-electron chi connectivity index (χ4n) is 2.90. The summed E-state index contributed by atoms with van der Waals surface area (Å²) in [6.45, 7) is 0.123. The molecule has 0 amide bonds. The van der Waals surface area contributed by atoms with Gasteiger partial charge >= 0.3 is 0 Å².